The van der Waals surface area contributed by atoms with Crippen molar-refractivity contribution in [3.8, 4) is 11.4 Å². The van der Waals surface area contributed by atoms with E-state index in [2.05, 4.69) is 71.6 Å². The van der Waals surface area contributed by atoms with Gasteiger partial charge in [0.25, 0.3) is 0 Å². The second kappa shape index (κ2) is 8.73. The maximum absolute atomic E-state index is 5.03. The molecule has 1 aliphatic carbocycles. The molecule has 1 aromatic carbocycles. The van der Waals surface area contributed by atoms with Gasteiger partial charge in [0.05, 0.1) is 23.3 Å². The van der Waals surface area contributed by atoms with Gasteiger partial charge in [-0.3, -0.25) is 4.68 Å². The maximum atomic E-state index is 5.03. The highest BCUT2D eigenvalue weighted by Gasteiger charge is 2.28. The minimum Gasteiger partial charge on any atom is -0.388 e. The molecule has 1 saturated carbocycles. The highest BCUT2D eigenvalue weighted by Crippen LogP contribution is 2.32. The van der Waals surface area contributed by atoms with Gasteiger partial charge in [-0.25, -0.2) is 9.97 Å². The van der Waals surface area contributed by atoms with E-state index in [-0.39, 0.29) is 0 Å². The molecule has 33 heavy (non-hydrogen) atoms. The van der Waals surface area contributed by atoms with E-state index in [1.54, 1.807) is 0 Å². The van der Waals surface area contributed by atoms with Crippen molar-refractivity contribution < 1.29 is 0 Å². The van der Waals surface area contributed by atoms with Crippen LogP contribution in [0.2, 0.25) is 0 Å². The Morgan fingerprint density at radius 1 is 1.18 bits per heavy atom. The molecule has 1 fully saturated rings. The SMILES string of the molecule is C=C(NC)c1ccc2c(c1)nc(-c1ccc(N(CC)C3CC3)nc1)n2Cc1ccn(CC)n1. The van der Waals surface area contributed by atoms with Crippen LogP contribution in [0.15, 0.2) is 55.4 Å². The molecule has 7 heteroatoms. The molecule has 3 aromatic heterocycles. The minimum atomic E-state index is 0.644. The van der Waals surface area contributed by atoms with Crippen LogP contribution in [0.3, 0.4) is 0 Å². The Morgan fingerprint density at radius 3 is 2.67 bits per heavy atom. The number of nitrogens with one attached hydrogen (secondary N) is 1. The van der Waals surface area contributed by atoms with Crippen LogP contribution in [-0.2, 0) is 13.1 Å². The fraction of sp³-hybridized carbons (Fsp3) is 0.346. The molecule has 0 unspecified atom stereocenters. The molecule has 0 spiro atoms. The van der Waals surface area contributed by atoms with E-state index >= 15 is 0 Å². The van der Waals surface area contributed by atoms with E-state index in [0.717, 1.165) is 58.3 Å². The topological polar surface area (TPSA) is 63.8 Å². The third-order valence-corrected chi connectivity index (χ3v) is 6.37. The molecular weight excluding hydrogens is 410 g/mol. The van der Waals surface area contributed by atoms with Gasteiger partial charge in [-0.2, -0.15) is 5.10 Å². The number of hydrogen-bond acceptors (Lipinski definition) is 5. The number of imidazole rings is 1. The quantitative estimate of drug-likeness (QED) is 0.413. The highest BCUT2D eigenvalue weighted by molar-refractivity contribution is 5.84. The van der Waals surface area contributed by atoms with Crippen molar-refractivity contribution in [2.75, 3.05) is 18.5 Å². The highest BCUT2D eigenvalue weighted by atomic mass is 15.3. The van der Waals surface area contributed by atoms with Crippen molar-refractivity contribution >= 4 is 22.5 Å². The molecule has 0 amide bonds. The molecule has 0 saturated heterocycles. The zero-order valence-corrected chi connectivity index (χ0v) is 19.6. The van der Waals surface area contributed by atoms with Gasteiger partial charge >= 0.3 is 0 Å². The molecular formula is C26H31N7. The van der Waals surface area contributed by atoms with E-state index in [9.17, 15) is 0 Å². The summed E-state index contributed by atoms with van der Waals surface area (Å²) in [7, 11) is 1.88. The van der Waals surface area contributed by atoms with Gasteiger partial charge in [-0.05, 0) is 62.6 Å². The Kier molecular flexibility index (Phi) is 5.62. The second-order valence-corrected chi connectivity index (χ2v) is 8.54. The van der Waals surface area contributed by atoms with E-state index < -0.39 is 0 Å². The summed E-state index contributed by atoms with van der Waals surface area (Å²) in [6.07, 6.45) is 6.50. The number of aromatic nitrogens is 5. The van der Waals surface area contributed by atoms with Crippen LogP contribution in [0.4, 0.5) is 5.82 Å². The second-order valence-electron chi connectivity index (χ2n) is 8.54. The number of pyridine rings is 1. The molecule has 1 N–H and O–H groups in total. The molecule has 0 aliphatic heterocycles. The van der Waals surface area contributed by atoms with Gasteiger partial charge in [0.15, 0.2) is 0 Å². The summed E-state index contributed by atoms with van der Waals surface area (Å²) in [4.78, 5) is 12.2. The number of aryl methyl sites for hydroxylation is 1. The third-order valence-electron chi connectivity index (χ3n) is 6.37. The third kappa shape index (κ3) is 4.11. The Balaban J connectivity index is 1.57. The Hall–Kier alpha value is -3.61. The smallest absolute Gasteiger partial charge is 0.143 e. The zero-order chi connectivity index (χ0) is 22.9. The van der Waals surface area contributed by atoms with Gasteiger partial charge < -0.3 is 14.8 Å². The van der Waals surface area contributed by atoms with Crippen LogP contribution in [0.5, 0.6) is 0 Å². The molecule has 4 aromatic rings. The first-order valence-corrected chi connectivity index (χ1v) is 11.7. The molecule has 0 radical (unpaired) electrons. The zero-order valence-electron chi connectivity index (χ0n) is 19.6. The largest absolute Gasteiger partial charge is 0.388 e. The Morgan fingerprint density at radius 2 is 2.03 bits per heavy atom. The molecule has 7 nitrogen and oxygen atoms in total. The van der Waals surface area contributed by atoms with Gasteiger partial charge in [0.2, 0.25) is 0 Å². The maximum Gasteiger partial charge on any atom is 0.143 e. The summed E-state index contributed by atoms with van der Waals surface area (Å²) in [5, 5.41) is 7.83. The Labute approximate surface area is 194 Å². The van der Waals surface area contributed by atoms with Crippen LogP contribution >= 0.6 is 0 Å². The number of nitrogens with zero attached hydrogens (tertiary/aromatic N) is 6. The fourth-order valence-corrected chi connectivity index (χ4v) is 4.35. The lowest BCUT2D eigenvalue weighted by Gasteiger charge is -2.21. The lowest BCUT2D eigenvalue weighted by atomic mass is 10.1. The van der Waals surface area contributed by atoms with Gasteiger partial charge in [0.1, 0.15) is 11.6 Å². The Bertz CT molecular complexity index is 1280. The molecule has 5 rings (SSSR count). The van der Waals surface area contributed by atoms with Gasteiger partial charge in [0, 0.05) is 49.8 Å². The van der Waals surface area contributed by atoms with Crippen molar-refractivity contribution in [1.82, 2.24) is 29.6 Å². The lowest BCUT2D eigenvalue weighted by molar-refractivity contribution is 0.639. The summed E-state index contributed by atoms with van der Waals surface area (Å²) in [5.41, 5.74) is 5.93. The van der Waals surface area contributed by atoms with E-state index in [4.69, 9.17) is 15.1 Å². The van der Waals surface area contributed by atoms with Crippen molar-refractivity contribution in [3.63, 3.8) is 0 Å². The minimum absolute atomic E-state index is 0.644. The van der Waals surface area contributed by atoms with Gasteiger partial charge in [-0.1, -0.05) is 12.6 Å². The van der Waals surface area contributed by atoms with Crippen LogP contribution < -0.4 is 10.2 Å². The van der Waals surface area contributed by atoms with E-state index in [0.29, 0.717) is 12.6 Å². The molecule has 170 valence electrons. The summed E-state index contributed by atoms with van der Waals surface area (Å²) >= 11 is 0. The van der Waals surface area contributed by atoms with Crippen LogP contribution in [-0.4, -0.2) is 43.9 Å². The number of benzene rings is 1. The van der Waals surface area contributed by atoms with Crippen molar-refractivity contribution in [2.24, 2.45) is 0 Å². The van der Waals surface area contributed by atoms with Crippen LogP contribution in [0.25, 0.3) is 28.1 Å². The average molecular weight is 442 g/mol. The molecule has 0 bridgehead atoms. The summed E-state index contributed by atoms with van der Waals surface area (Å²) in [6, 6.07) is 13.3. The summed E-state index contributed by atoms with van der Waals surface area (Å²) < 4.78 is 4.19. The average Bonchev–Trinajstić information content (AvgIpc) is 3.47. The normalized spacial score (nSPS) is 13.4. The van der Waals surface area contributed by atoms with E-state index in [1.165, 1.54) is 12.8 Å². The van der Waals surface area contributed by atoms with E-state index in [1.807, 2.05) is 24.1 Å². The molecule has 0 atom stereocenters. The molecule has 3 heterocycles. The summed E-state index contributed by atoms with van der Waals surface area (Å²) in [6.45, 7) is 10.9. The first-order chi connectivity index (χ1) is 16.1. The van der Waals surface area contributed by atoms with Crippen LogP contribution in [0.1, 0.15) is 37.9 Å². The van der Waals surface area contributed by atoms with Crippen molar-refractivity contribution in [2.45, 2.75) is 45.8 Å². The first kappa shape index (κ1) is 21.2. The lowest BCUT2D eigenvalue weighted by Crippen LogP contribution is -2.25. The number of rotatable bonds is 9. The van der Waals surface area contributed by atoms with Crippen molar-refractivity contribution in [1.29, 1.82) is 0 Å². The number of hydrogen-bond donors (Lipinski definition) is 1. The molecule has 1 aliphatic rings. The van der Waals surface area contributed by atoms with Gasteiger partial charge in [-0.15, -0.1) is 0 Å². The number of fused-ring (bicyclic) bond motifs is 1. The van der Waals surface area contributed by atoms with Crippen molar-refractivity contribution in [3.05, 3.63) is 66.6 Å². The fourth-order valence-electron chi connectivity index (χ4n) is 4.35. The predicted molar refractivity (Wildman–Crippen MR) is 134 cm³/mol. The first-order valence-electron chi connectivity index (χ1n) is 11.7. The monoisotopic (exact) mass is 441 g/mol. The standard InChI is InChI=1S/C26H31N7/c1-5-31-14-13-21(30-31)17-33-24-11-7-19(18(3)27-4)15-23(24)29-26(33)20-8-12-25(28-16-20)32(6-2)22-9-10-22/h7-8,11-16,22,27H,3,5-6,9-10,17H2,1-2,4H3. The van der Waals surface area contributed by atoms with Crippen LogP contribution in [0, 0.1) is 0 Å². The number of anilines is 1. The summed E-state index contributed by atoms with van der Waals surface area (Å²) in [5.74, 6) is 1.94. The predicted octanol–water partition coefficient (Wildman–Crippen LogP) is 4.54.